The van der Waals surface area contributed by atoms with E-state index in [1.807, 2.05) is 36.4 Å². The number of benzene rings is 1. The Kier molecular flexibility index (Phi) is 5.09. The van der Waals surface area contributed by atoms with Gasteiger partial charge in [-0.15, -0.1) is 0 Å². The largest absolute Gasteiger partial charge is 0.389 e. The second kappa shape index (κ2) is 6.81. The second-order valence-electron chi connectivity index (χ2n) is 4.36. The maximum atomic E-state index is 5.82. The summed E-state index contributed by atoms with van der Waals surface area (Å²) in [4.78, 5) is 6.99. The Morgan fingerprint density at radius 2 is 2.15 bits per heavy atom. The molecule has 0 saturated carbocycles. The lowest BCUT2D eigenvalue weighted by atomic mass is 10.1. The molecule has 1 heterocycles. The van der Waals surface area contributed by atoms with Crippen LogP contribution in [0, 0.1) is 0 Å². The second-order valence-corrected chi connectivity index (χ2v) is 5.72. The van der Waals surface area contributed by atoms with E-state index in [-0.39, 0.29) is 0 Å². The first-order valence-corrected chi connectivity index (χ1v) is 7.56. The molecule has 104 valence electrons. The van der Waals surface area contributed by atoms with Gasteiger partial charge in [-0.3, -0.25) is 4.98 Å². The van der Waals surface area contributed by atoms with Gasteiger partial charge >= 0.3 is 0 Å². The fourth-order valence-corrected chi connectivity index (χ4v) is 2.55. The molecule has 0 spiro atoms. The molecule has 0 atom stereocenters. The maximum absolute atomic E-state index is 5.82. The van der Waals surface area contributed by atoms with Crippen LogP contribution in [0.3, 0.4) is 0 Å². The molecule has 0 aliphatic carbocycles. The Hall–Kier alpha value is -1.46. The average Bonchev–Trinajstić information content (AvgIpc) is 2.45. The van der Waals surface area contributed by atoms with Crippen LogP contribution in [0.1, 0.15) is 18.2 Å². The van der Waals surface area contributed by atoms with Crippen molar-refractivity contribution in [1.29, 1.82) is 0 Å². The summed E-state index contributed by atoms with van der Waals surface area (Å²) >= 11 is 8.65. The van der Waals surface area contributed by atoms with Crippen LogP contribution in [0.15, 0.2) is 47.1 Å². The lowest BCUT2D eigenvalue weighted by Crippen LogP contribution is -2.26. The molecular formula is C15H16BrN3S. The molecule has 0 fully saturated rings. The highest BCUT2D eigenvalue weighted by molar-refractivity contribution is 9.10. The molecule has 3 nitrogen and oxygen atoms in total. The third kappa shape index (κ3) is 3.55. The van der Waals surface area contributed by atoms with Gasteiger partial charge < -0.3 is 10.6 Å². The monoisotopic (exact) mass is 349 g/mol. The molecule has 0 bridgehead atoms. The van der Waals surface area contributed by atoms with E-state index in [1.165, 1.54) is 0 Å². The van der Waals surface area contributed by atoms with E-state index in [9.17, 15) is 0 Å². The van der Waals surface area contributed by atoms with Gasteiger partial charge in [-0.2, -0.15) is 0 Å². The zero-order valence-electron chi connectivity index (χ0n) is 11.2. The first-order valence-electron chi connectivity index (χ1n) is 6.36. The molecule has 0 saturated heterocycles. The van der Waals surface area contributed by atoms with Crippen molar-refractivity contribution < 1.29 is 0 Å². The minimum Gasteiger partial charge on any atom is -0.389 e. The minimum atomic E-state index is 0.409. The van der Waals surface area contributed by atoms with Crippen LogP contribution in [0.25, 0.3) is 0 Å². The molecule has 20 heavy (non-hydrogen) atoms. The number of hydrogen-bond acceptors (Lipinski definition) is 3. The van der Waals surface area contributed by atoms with Gasteiger partial charge in [0.2, 0.25) is 0 Å². The molecular weight excluding hydrogens is 334 g/mol. The summed E-state index contributed by atoms with van der Waals surface area (Å²) in [5.74, 6) is 0. The molecule has 1 aromatic heterocycles. The Labute approximate surface area is 132 Å². The number of anilines is 1. The Morgan fingerprint density at radius 1 is 1.35 bits per heavy atom. The molecule has 2 aromatic rings. The van der Waals surface area contributed by atoms with Crippen LogP contribution < -0.4 is 10.6 Å². The van der Waals surface area contributed by atoms with Gasteiger partial charge in [0, 0.05) is 28.5 Å². The summed E-state index contributed by atoms with van der Waals surface area (Å²) < 4.78 is 1.01. The predicted octanol–water partition coefficient (Wildman–Crippen LogP) is 3.50. The van der Waals surface area contributed by atoms with Crippen LogP contribution in [-0.2, 0) is 6.54 Å². The van der Waals surface area contributed by atoms with Crippen LogP contribution in [-0.4, -0.2) is 16.5 Å². The van der Waals surface area contributed by atoms with Crippen molar-refractivity contribution in [3.63, 3.8) is 0 Å². The highest BCUT2D eigenvalue weighted by Crippen LogP contribution is 2.26. The van der Waals surface area contributed by atoms with Crippen molar-refractivity contribution in [2.45, 2.75) is 13.5 Å². The summed E-state index contributed by atoms with van der Waals surface area (Å²) in [5.41, 5.74) is 8.76. The van der Waals surface area contributed by atoms with E-state index in [4.69, 9.17) is 18.0 Å². The summed E-state index contributed by atoms with van der Waals surface area (Å²) in [6, 6.07) is 11.9. The SMILES string of the molecule is CCN(Cc1ccccn1)c1cc(Br)ccc1C(N)=S. The maximum Gasteiger partial charge on any atom is 0.106 e. The molecule has 0 aliphatic heterocycles. The summed E-state index contributed by atoms with van der Waals surface area (Å²) in [6.45, 7) is 3.68. The molecule has 1 aromatic carbocycles. The van der Waals surface area contributed by atoms with E-state index >= 15 is 0 Å². The van der Waals surface area contributed by atoms with Gasteiger partial charge in [0.1, 0.15) is 4.99 Å². The minimum absolute atomic E-state index is 0.409. The smallest absolute Gasteiger partial charge is 0.106 e. The topological polar surface area (TPSA) is 42.2 Å². The van der Waals surface area contributed by atoms with Crippen molar-refractivity contribution in [1.82, 2.24) is 4.98 Å². The number of rotatable bonds is 5. The fourth-order valence-electron chi connectivity index (χ4n) is 2.03. The van der Waals surface area contributed by atoms with Gasteiger partial charge in [-0.1, -0.05) is 34.2 Å². The lowest BCUT2D eigenvalue weighted by molar-refractivity contribution is 0.808. The highest BCUT2D eigenvalue weighted by Gasteiger charge is 2.13. The molecule has 2 rings (SSSR count). The Balaban J connectivity index is 2.36. The number of hydrogen-bond donors (Lipinski definition) is 1. The van der Waals surface area contributed by atoms with Crippen LogP contribution in [0.5, 0.6) is 0 Å². The van der Waals surface area contributed by atoms with Crippen LogP contribution in [0.4, 0.5) is 5.69 Å². The molecule has 0 unspecified atom stereocenters. The molecule has 5 heteroatoms. The van der Waals surface area contributed by atoms with Crippen molar-refractivity contribution in [3.05, 3.63) is 58.3 Å². The van der Waals surface area contributed by atoms with Crippen molar-refractivity contribution in [3.8, 4) is 0 Å². The zero-order chi connectivity index (χ0) is 14.5. The van der Waals surface area contributed by atoms with Crippen molar-refractivity contribution in [2.75, 3.05) is 11.4 Å². The Bertz CT molecular complexity index is 601. The Morgan fingerprint density at radius 3 is 2.75 bits per heavy atom. The van der Waals surface area contributed by atoms with E-state index in [0.29, 0.717) is 4.99 Å². The van der Waals surface area contributed by atoms with Crippen LogP contribution in [0.2, 0.25) is 0 Å². The third-order valence-electron chi connectivity index (χ3n) is 3.03. The molecule has 0 radical (unpaired) electrons. The van der Waals surface area contributed by atoms with E-state index in [2.05, 4.69) is 32.7 Å². The van der Waals surface area contributed by atoms with Crippen molar-refractivity contribution in [2.24, 2.45) is 5.73 Å². The number of aromatic nitrogens is 1. The van der Waals surface area contributed by atoms with Gasteiger partial charge in [0.05, 0.1) is 12.2 Å². The first kappa shape index (κ1) is 14.9. The number of nitrogens with two attached hydrogens (primary N) is 1. The number of halogens is 1. The van der Waals surface area contributed by atoms with E-state index < -0.39 is 0 Å². The van der Waals surface area contributed by atoms with Crippen LogP contribution >= 0.6 is 28.1 Å². The zero-order valence-corrected chi connectivity index (χ0v) is 13.6. The molecule has 2 N–H and O–H groups in total. The number of nitrogens with zero attached hydrogens (tertiary/aromatic N) is 2. The summed E-state index contributed by atoms with van der Waals surface area (Å²) in [5, 5.41) is 0. The van der Waals surface area contributed by atoms with Gasteiger partial charge in [0.15, 0.2) is 0 Å². The number of thiocarbonyl (C=S) groups is 1. The first-order chi connectivity index (χ1) is 9.61. The molecule has 0 amide bonds. The lowest BCUT2D eigenvalue weighted by Gasteiger charge is -2.25. The predicted molar refractivity (Wildman–Crippen MR) is 91.0 cm³/mol. The van der Waals surface area contributed by atoms with Crippen molar-refractivity contribution >= 4 is 38.8 Å². The molecule has 0 aliphatic rings. The van der Waals surface area contributed by atoms with Gasteiger partial charge in [-0.25, -0.2) is 0 Å². The average molecular weight is 350 g/mol. The van der Waals surface area contributed by atoms with Gasteiger partial charge in [-0.05, 0) is 37.3 Å². The van der Waals surface area contributed by atoms with Gasteiger partial charge in [0.25, 0.3) is 0 Å². The third-order valence-corrected chi connectivity index (χ3v) is 3.74. The standard InChI is InChI=1S/C15H16BrN3S/c1-2-19(10-12-5-3-4-8-18-12)14-9-11(16)6-7-13(14)15(17)20/h3-9H,2,10H2,1H3,(H2,17,20). The summed E-state index contributed by atoms with van der Waals surface area (Å²) in [6.07, 6.45) is 1.80. The fraction of sp³-hybridized carbons (Fsp3) is 0.200. The number of pyridine rings is 1. The quantitative estimate of drug-likeness (QED) is 0.838. The highest BCUT2D eigenvalue weighted by atomic mass is 79.9. The normalized spacial score (nSPS) is 10.3. The summed E-state index contributed by atoms with van der Waals surface area (Å²) in [7, 11) is 0. The van der Waals surface area contributed by atoms with E-state index in [0.717, 1.165) is 34.5 Å². The van der Waals surface area contributed by atoms with E-state index in [1.54, 1.807) is 6.20 Å².